The van der Waals surface area contributed by atoms with Crippen LogP contribution in [0.15, 0.2) is 28.7 Å². The van der Waals surface area contributed by atoms with Crippen molar-refractivity contribution in [3.05, 3.63) is 30.0 Å². The van der Waals surface area contributed by atoms with E-state index in [0.29, 0.717) is 35.1 Å². The summed E-state index contributed by atoms with van der Waals surface area (Å²) in [4.78, 5) is 36.2. The largest absolute Gasteiger partial charge is 0.496 e. The van der Waals surface area contributed by atoms with E-state index in [1.165, 1.54) is 7.11 Å². The fourth-order valence-corrected chi connectivity index (χ4v) is 3.31. The number of piperidine rings is 1. The van der Waals surface area contributed by atoms with Gasteiger partial charge in [-0.05, 0) is 36.8 Å². The monoisotopic (exact) mass is 470 g/mol. The minimum atomic E-state index is -0.802. The Morgan fingerprint density at radius 1 is 1.32 bits per heavy atom. The summed E-state index contributed by atoms with van der Waals surface area (Å²) in [7, 11) is 1.52. The lowest BCUT2D eigenvalue weighted by molar-refractivity contribution is -0.127. The standard InChI is InChI=1S/C20H22N4O5.C5H12/c1-28-15-5-2-6-16-14(15)9-17(29-16)20(27)23-11-18(25)24-13(10-21)8-12-4-3-7-22-19(12)26;1-5(2,3)4/h2,5-6,9,12-13H,3-4,7-8,11H2,1H3,(H,22,26)(H,23,27)(H,24,25);1-4H3/t12-,13-;/m0./s1. The third kappa shape index (κ3) is 8.43. The van der Waals surface area contributed by atoms with Gasteiger partial charge >= 0.3 is 0 Å². The number of hydrogen-bond acceptors (Lipinski definition) is 6. The number of nitriles is 1. The van der Waals surface area contributed by atoms with Gasteiger partial charge in [-0.1, -0.05) is 33.8 Å². The summed E-state index contributed by atoms with van der Waals surface area (Å²) in [6.45, 7) is 9.07. The Morgan fingerprint density at radius 3 is 2.65 bits per heavy atom. The van der Waals surface area contributed by atoms with Crippen LogP contribution in [-0.4, -0.2) is 44.0 Å². The number of carbonyl (C=O) groups is 3. The molecule has 1 aliphatic heterocycles. The summed E-state index contributed by atoms with van der Waals surface area (Å²) in [5.74, 6) is -0.846. The van der Waals surface area contributed by atoms with Crippen molar-refractivity contribution < 1.29 is 23.5 Å². The summed E-state index contributed by atoms with van der Waals surface area (Å²) >= 11 is 0. The number of nitrogens with zero attached hydrogens (tertiary/aromatic N) is 1. The quantitative estimate of drug-likeness (QED) is 0.569. The predicted molar refractivity (Wildman–Crippen MR) is 128 cm³/mol. The van der Waals surface area contributed by atoms with Gasteiger partial charge in [0.1, 0.15) is 17.4 Å². The summed E-state index contributed by atoms with van der Waals surface area (Å²) in [6, 6.07) is 7.94. The van der Waals surface area contributed by atoms with Crippen LogP contribution >= 0.6 is 0 Å². The first-order valence-electron chi connectivity index (χ1n) is 11.3. The zero-order valence-electron chi connectivity index (χ0n) is 20.5. The molecule has 1 aromatic carbocycles. The Balaban J connectivity index is 0.000000739. The number of fused-ring (bicyclic) bond motifs is 1. The molecule has 2 atom stereocenters. The third-order valence-corrected chi connectivity index (χ3v) is 4.79. The van der Waals surface area contributed by atoms with Crippen molar-refractivity contribution in [1.82, 2.24) is 16.0 Å². The van der Waals surface area contributed by atoms with E-state index < -0.39 is 17.9 Å². The van der Waals surface area contributed by atoms with Gasteiger partial charge in [-0.15, -0.1) is 0 Å². The first-order valence-corrected chi connectivity index (χ1v) is 11.3. The van der Waals surface area contributed by atoms with Crippen molar-refractivity contribution in [3.8, 4) is 11.8 Å². The van der Waals surface area contributed by atoms with Crippen LogP contribution in [0.3, 0.4) is 0 Å². The third-order valence-electron chi connectivity index (χ3n) is 4.79. The molecule has 2 heterocycles. The molecule has 34 heavy (non-hydrogen) atoms. The van der Waals surface area contributed by atoms with Crippen LogP contribution in [0.1, 0.15) is 57.5 Å². The molecule has 1 aliphatic rings. The molecule has 3 amide bonds. The smallest absolute Gasteiger partial charge is 0.287 e. The van der Waals surface area contributed by atoms with E-state index in [4.69, 9.17) is 9.15 Å². The molecule has 9 nitrogen and oxygen atoms in total. The second kappa shape index (κ2) is 12.1. The maximum Gasteiger partial charge on any atom is 0.287 e. The van der Waals surface area contributed by atoms with Crippen LogP contribution in [-0.2, 0) is 9.59 Å². The molecular formula is C25H34N4O5. The summed E-state index contributed by atoms with van der Waals surface area (Å²) in [5.41, 5.74) is 0.995. The van der Waals surface area contributed by atoms with E-state index >= 15 is 0 Å². The minimum Gasteiger partial charge on any atom is -0.496 e. The van der Waals surface area contributed by atoms with E-state index in [2.05, 4.69) is 43.6 Å². The number of amides is 3. The number of furan rings is 1. The van der Waals surface area contributed by atoms with Crippen LogP contribution in [0.25, 0.3) is 11.0 Å². The van der Waals surface area contributed by atoms with Gasteiger partial charge in [-0.25, -0.2) is 0 Å². The van der Waals surface area contributed by atoms with E-state index in [0.717, 1.165) is 6.42 Å². The van der Waals surface area contributed by atoms with Crippen LogP contribution in [0, 0.1) is 22.7 Å². The van der Waals surface area contributed by atoms with Gasteiger partial charge in [0.15, 0.2) is 5.76 Å². The SMILES string of the molecule is CC(C)(C)C.COc1cccc2oc(C(=O)NCC(=O)N[C@H](C#N)C[C@@H]3CCCNC3=O)cc12. The molecule has 3 rings (SSSR count). The molecule has 0 unspecified atom stereocenters. The van der Waals surface area contributed by atoms with E-state index in [1.54, 1.807) is 24.3 Å². The molecule has 0 radical (unpaired) electrons. The average Bonchev–Trinajstić information content (AvgIpc) is 3.22. The lowest BCUT2D eigenvalue weighted by Gasteiger charge is -2.23. The molecule has 1 aromatic heterocycles. The highest BCUT2D eigenvalue weighted by molar-refractivity contribution is 5.99. The van der Waals surface area contributed by atoms with Gasteiger partial charge in [-0.3, -0.25) is 14.4 Å². The minimum absolute atomic E-state index is 0.0491. The molecule has 184 valence electrons. The van der Waals surface area contributed by atoms with Crippen molar-refractivity contribution in [3.63, 3.8) is 0 Å². The Hall–Kier alpha value is -3.54. The Bertz CT molecular complexity index is 1040. The van der Waals surface area contributed by atoms with Crippen LogP contribution in [0.5, 0.6) is 5.75 Å². The zero-order chi connectivity index (χ0) is 25.3. The maximum atomic E-state index is 12.3. The number of benzene rings is 1. The highest BCUT2D eigenvalue weighted by Gasteiger charge is 2.26. The Labute approximate surface area is 200 Å². The van der Waals surface area contributed by atoms with Crippen molar-refractivity contribution in [2.24, 2.45) is 11.3 Å². The molecular weight excluding hydrogens is 436 g/mol. The van der Waals surface area contributed by atoms with Crippen LogP contribution in [0.4, 0.5) is 0 Å². The number of rotatable bonds is 7. The van der Waals surface area contributed by atoms with Crippen LogP contribution in [0.2, 0.25) is 0 Å². The molecule has 3 N–H and O–H groups in total. The van der Waals surface area contributed by atoms with Gasteiger partial charge in [0.2, 0.25) is 11.8 Å². The molecule has 1 saturated heterocycles. The van der Waals surface area contributed by atoms with E-state index in [-0.39, 0.29) is 30.6 Å². The van der Waals surface area contributed by atoms with Gasteiger partial charge in [0, 0.05) is 18.5 Å². The molecule has 0 spiro atoms. The van der Waals surface area contributed by atoms with Crippen molar-refractivity contribution in [2.45, 2.75) is 53.0 Å². The fraction of sp³-hybridized carbons (Fsp3) is 0.520. The van der Waals surface area contributed by atoms with Gasteiger partial charge in [0.05, 0.1) is 25.1 Å². The second-order valence-electron chi connectivity index (χ2n) is 9.78. The first kappa shape index (κ1) is 26.7. The molecule has 2 aromatic rings. The second-order valence-corrected chi connectivity index (χ2v) is 9.78. The molecule has 0 bridgehead atoms. The predicted octanol–water partition coefficient (Wildman–Crippen LogP) is 3.15. The van der Waals surface area contributed by atoms with E-state index in [9.17, 15) is 19.6 Å². The fourth-order valence-electron chi connectivity index (χ4n) is 3.31. The van der Waals surface area contributed by atoms with Gasteiger partial charge in [-0.2, -0.15) is 5.26 Å². The maximum absolute atomic E-state index is 12.3. The van der Waals surface area contributed by atoms with Crippen molar-refractivity contribution >= 4 is 28.7 Å². The molecule has 0 saturated carbocycles. The summed E-state index contributed by atoms with van der Waals surface area (Å²) in [5, 5.41) is 17.7. The lowest BCUT2D eigenvalue weighted by atomic mass is 9.92. The highest BCUT2D eigenvalue weighted by Crippen LogP contribution is 2.28. The number of methoxy groups -OCH3 is 1. The normalized spacial score (nSPS) is 16.4. The van der Waals surface area contributed by atoms with E-state index in [1.807, 2.05) is 6.07 Å². The number of ether oxygens (including phenoxy) is 1. The topological polar surface area (TPSA) is 133 Å². The number of carbonyl (C=O) groups excluding carboxylic acids is 3. The highest BCUT2D eigenvalue weighted by atomic mass is 16.5. The number of hydrogen-bond donors (Lipinski definition) is 3. The number of nitrogens with one attached hydrogen (secondary N) is 3. The summed E-state index contributed by atoms with van der Waals surface area (Å²) in [6.07, 6.45) is 1.78. The molecule has 9 heteroatoms. The van der Waals surface area contributed by atoms with Gasteiger partial charge < -0.3 is 25.1 Å². The summed E-state index contributed by atoms with van der Waals surface area (Å²) < 4.78 is 10.7. The molecule has 1 fully saturated rings. The molecule has 0 aliphatic carbocycles. The first-order chi connectivity index (χ1) is 16.0. The zero-order valence-corrected chi connectivity index (χ0v) is 20.5. The van der Waals surface area contributed by atoms with Crippen molar-refractivity contribution in [2.75, 3.05) is 20.2 Å². The van der Waals surface area contributed by atoms with Gasteiger partial charge in [0.25, 0.3) is 5.91 Å². The van der Waals surface area contributed by atoms with Crippen molar-refractivity contribution in [1.29, 1.82) is 5.26 Å². The Morgan fingerprint density at radius 2 is 2.03 bits per heavy atom. The lowest BCUT2D eigenvalue weighted by Crippen LogP contribution is -2.44. The Kier molecular flexibility index (Phi) is 9.48. The average molecular weight is 471 g/mol. The van der Waals surface area contributed by atoms with Crippen LogP contribution < -0.4 is 20.7 Å².